The van der Waals surface area contributed by atoms with Gasteiger partial charge in [0.2, 0.25) is 5.91 Å². The first-order valence-electron chi connectivity index (χ1n) is 6.53. The third kappa shape index (κ3) is 4.57. The summed E-state index contributed by atoms with van der Waals surface area (Å²) in [6.45, 7) is 1.35. The van der Waals surface area contributed by atoms with Crippen LogP contribution in [0.3, 0.4) is 0 Å². The molecule has 2 aromatic rings. The van der Waals surface area contributed by atoms with Crippen LogP contribution in [0.5, 0.6) is 5.75 Å². The average molecular weight is 323 g/mol. The largest absolute Gasteiger partial charge is 0.423 e. The second-order valence-corrected chi connectivity index (χ2v) is 4.67. The van der Waals surface area contributed by atoms with E-state index in [2.05, 4.69) is 5.32 Å². The normalized spacial score (nSPS) is 11.0. The van der Waals surface area contributed by atoms with Crippen LogP contribution < -0.4 is 10.1 Å². The van der Waals surface area contributed by atoms with Crippen molar-refractivity contribution in [3.05, 3.63) is 59.7 Å². The topological polar surface area (TPSA) is 55.4 Å². The van der Waals surface area contributed by atoms with Crippen molar-refractivity contribution in [2.45, 2.75) is 13.1 Å². The molecule has 7 heteroatoms. The lowest BCUT2D eigenvalue weighted by atomic mass is 10.1. The van der Waals surface area contributed by atoms with E-state index in [1.165, 1.54) is 37.3 Å². The molecule has 0 atom stereocenters. The molecule has 0 radical (unpaired) electrons. The van der Waals surface area contributed by atoms with Crippen molar-refractivity contribution in [2.24, 2.45) is 0 Å². The predicted molar refractivity (Wildman–Crippen MR) is 77.1 cm³/mol. The summed E-state index contributed by atoms with van der Waals surface area (Å²) in [5, 5.41) is 2.54. The van der Waals surface area contributed by atoms with Gasteiger partial charge in [0.25, 0.3) is 0 Å². The second-order valence-electron chi connectivity index (χ2n) is 4.67. The molecule has 4 nitrogen and oxygen atoms in total. The van der Waals surface area contributed by atoms with Crippen molar-refractivity contribution in [1.82, 2.24) is 0 Å². The fourth-order valence-electron chi connectivity index (χ4n) is 1.80. The van der Waals surface area contributed by atoms with Gasteiger partial charge in [-0.25, -0.2) is 4.79 Å². The maximum Gasteiger partial charge on any atom is 0.416 e. The van der Waals surface area contributed by atoms with E-state index >= 15 is 0 Å². The number of esters is 1. The number of ether oxygens (including phenoxy) is 1. The Kier molecular flexibility index (Phi) is 4.68. The fraction of sp³-hybridized carbons (Fsp3) is 0.125. The van der Waals surface area contributed by atoms with Crippen LogP contribution in [0.15, 0.2) is 48.5 Å². The van der Waals surface area contributed by atoms with E-state index < -0.39 is 17.7 Å². The smallest absolute Gasteiger partial charge is 0.416 e. The zero-order valence-electron chi connectivity index (χ0n) is 12.0. The molecule has 0 aromatic heterocycles. The van der Waals surface area contributed by atoms with Gasteiger partial charge in [0.05, 0.1) is 11.1 Å². The highest BCUT2D eigenvalue weighted by Crippen LogP contribution is 2.29. The fourth-order valence-corrected chi connectivity index (χ4v) is 1.80. The van der Waals surface area contributed by atoms with Crippen LogP contribution in [0, 0.1) is 0 Å². The highest BCUT2D eigenvalue weighted by molar-refractivity contribution is 5.91. The second kappa shape index (κ2) is 6.51. The minimum atomic E-state index is -4.53. The van der Waals surface area contributed by atoms with E-state index in [0.717, 1.165) is 18.2 Å². The summed E-state index contributed by atoms with van der Waals surface area (Å²) in [5.74, 6) is -0.997. The molecule has 0 fully saturated rings. The van der Waals surface area contributed by atoms with Crippen molar-refractivity contribution >= 4 is 17.6 Å². The molecule has 0 heterocycles. The van der Waals surface area contributed by atoms with Crippen molar-refractivity contribution in [2.75, 3.05) is 5.32 Å². The summed E-state index contributed by atoms with van der Waals surface area (Å²) in [7, 11) is 0. The molecule has 0 saturated heterocycles. The molecular weight excluding hydrogens is 311 g/mol. The molecule has 0 bridgehead atoms. The summed E-state index contributed by atoms with van der Waals surface area (Å²) in [6, 6.07) is 9.86. The number of carbonyl (C=O) groups excluding carboxylic acids is 2. The Hall–Kier alpha value is -2.83. The number of carbonyl (C=O) groups is 2. The molecule has 0 spiro atoms. The third-order valence-corrected chi connectivity index (χ3v) is 2.81. The molecule has 1 amide bonds. The number of rotatable bonds is 3. The van der Waals surface area contributed by atoms with E-state index in [1.807, 2.05) is 0 Å². The minimum absolute atomic E-state index is 0.154. The summed E-state index contributed by atoms with van der Waals surface area (Å²) in [6.07, 6.45) is -4.53. The number of halogens is 3. The quantitative estimate of drug-likeness (QED) is 0.689. The summed E-state index contributed by atoms with van der Waals surface area (Å²) >= 11 is 0. The van der Waals surface area contributed by atoms with Gasteiger partial charge in [-0.3, -0.25) is 4.79 Å². The van der Waals surface area contributed by atoms with Gasteiger partial charge in [0.15, 0.2) is 0 Å². The van der Waals surface area contributed by atoms with Crippen LogP contribution in [0.1, 0.15) is 22.8 Å². The molecule has 0 aliphatic rings. The zero-order valence-corrected chi connectivity index (χ0v) is 12.0. The Labute approximate surface area is 129 Å². The molecule has 0 aliphatic heterocycles. The van der Waals surface area contributed by atoms with Crippen LogP contribution in [0.2, 0.25) is 0 Å². The number of anilines is 1. The van der Waals surface area contributed by atoms with E-state index in [1.54, 1.807) is 0 Å². The van der Waals surface area contributed by atoms with Crippen molar-refractivity contribution in [1.29, 1.82) is 0 Å². The first-order chi connectivity index (χ1) is 10.8. The number of hydrogen-bond acceptors (Lipinski definition) is 3. The molecule has 0 unspecified atom stereocenters. The lowest BCUT2D eigenvalue weighted by molar-refractivity contribution is -0.137. The van der Waals surface area contributed by atoms with Gasteiger partial charge < -0.3 is 10.1 Å². The van der Waals surface area contributed by atoms with E-state index in [9.17, 15) is 22.8 Å². The predicted octanol–water partition coefficient (Wildman–Crippen LogP) is 3.88. The van der Waals surface area contributed by atoms with Crippen LogP contribution in [0.25, 0.3) is 0 Å². The summed E-state index contributed by atoms with van der Waals surface area (Å²) in [4.78, 5) is 22.8. The van der Waals surface area contributed by atoms with Crippen LogP contribution in [-0.4, -0.2) is 11.9 Å². The monoisotopic (exact) mass is 323 g/mol. The average Bonchev–Trinajstić information content (AvgIpc) is 2.48. The Morgan fingerprint density at radius 3 is 2.26 bits per heavy atom. The van der Waals surface area contributed by atoms with Crippen LogP contribution >= 0.6 is 0 Å². The number of benzene rings is 2. The maximum atomic E-state index is 12.6. The SMILES string of the molecule is CC(=O)Nc1ccc(OC(=O)c2cccc(C(F)(F)F)c2)cc1. The third-order valence-electron chi connectivity index (χ3n) is 2.81. The number of amides is 1. The van der Waals surface area contributed by atoms with E-state index in [0.29, 0.717) is 5.69 Å². The molecule has 120 valence electrons. The molecular formula is C16H12F3NO3. The number of nitrogens with one attached hydrogen (secondary N) is 1. The van der Waals surface area contributed by atoms with Gasteiger partial charge >= 0.3 is 12.1 Å². The molecule has 2 rings (SSSR count). The number of alkyl halides is 3. The van der Waals surface area contributed by atoms with Crippen molar-refractivity contribution in [3.63, 3.8) is 0 Å². The van der Waals surface area contributed by atoms with Crippen molar-refractivity contribution in [3.8, 4) is 5.75 Å². The molecule has 2 aromatic carbocycles. The molecule has 1 N–H and O–H groups in total. The van der Waals surface area contributed by atoms with Gasteiger partial charge in [0, 0.05) is 12.6 Å². The van der Waals surface area contributed by atoms with Gasteiger partial charge in [0.1, 0.15) is 5.75 Å². The minimum Gasteiger partial charge on any atom is -0.423 e. The first kappa shape index (κ1) is 16.5. The molecule has 0 saturated carbocycles. The lowest BCUT2D eigenvalue weighted by Crippen LogP contribution is -2.11. The van der Waals surface area contributed by atoms with Gasteiger partial charge in [-0.2, -0.15) is 13.2 Å². The Morgan fingerprint density at radius 1 is 1.04 bits per heavy atom. The molecule has 23 heavy (non-hydrogen) atoms. The maximum absolute atomic E-state index is 12.6. The van der Waals surface area contributed by atoms with Gasteiger partial charge in [-0.15, -0.1) is 0 Å². The summed E-state index contributed by atoms with van der Waals surface area (Å²) in [5.41, 5.74) is -0.616. The van der Waals surface area contributed by atoms with Gasteiger partial charge in [-0.1, -0.05) is 6.07 Å². The molecule has 0 aliphatic carbocycles. The Bertz CT molecular complexity index is 724. The first-order valence-corrected chi connectivity index (χ1v) is 6.53. The lowest BCUT2D eigenvalue weighted by Gasteiger charge is -2.09. The van der Waals surface area contributed by atoms with E-state index in [4.69, 9.17) is 4.74 Å². The van der Waals surface area contributed by atoms with Crippen molar-refractivity contribution < 1.29 is 27.5 Å². The zero-order chi connectivity index (χ0) is 17.0. The van der Waals surface area contributed by atoms with Crippen LogP contribution in [0.4, 0.5) is 18.9 Å². The Morgan fingerprint density at radius 2 is 1.70 bits per heavy atom. The summed E-state index contributed by atoms with van der Waals surface area (Å²) < 4.78 is 42.9. The Balaban J connectivity index is 2.11. The number of hydrogen-bond donors (Lipinski definition) is 1. The van der Waals surface area contributed by atoms with Gasteiger partial charge in [-0.05, 0) is 42.5 Å². The van der Waals surface area contributed by atoms with E-state index in [-0.39, 0.29) is 17.2 Å². The standard InChI is InChI=1S/C16H12F3NO3/c1-10(21)20-13-5-7-14(8-6-13)23-15(22)11-3-2-4-12(9-11)16(17,18)19/h2-9H,1H3,(H,20,21). The highest BCUT2D eigenvalue weighted by atomic mass is 19.4. The highest BCUT2D eigenvalue weighted by Gasteiger charge is 2.31. The van der Waals surface area contributed by atoms with Crippen LogP contribution in [-0.2, 0) is 11.0 Å².